The van der Waals surface area contributed by atoms with E-state index in [2.05, 4.69) is 0 Å². The van der Waals surface area contributed by atoms with Crippen molar-refractivity contribution in [2.45, 2.75) is 26.3 Å². The summed E-state index contributed by atoms with van der Waals surface area (Å²) in [7, 11) is -3.88. The third-order valence-corrected chi connectivity index (χ3v) is 7.10. The molecule has 0 aliphatic heterocycles. The zero-order valence-corrected chi connectivity index (χ0v) is 19.1. The predicted octanol–water partition coefficient (Wildman–Crippen LogP) is 6.83. The fraction of sp³-hybridized carbons (Fsp3) is 0.240. The maximum atomic E-state index is 14.0. The molecule has 0 aliphatic rings. The minimum absolute atomic E-state index is 0.0234. The molecule has 0 spiro atoms. The van der Waals surface area contributed by atoms with Crippen molar-refractivity contribution in [3.63, 3.8) is 0 Å². The highest BCUT2D eigenvalue weighted by Gasteiger charge is 2.40. The molecule has 5 nitrogen and oxygen atoms in total. The summed E-state index contributed by atoms with van der Waals surface area (Å²) < 4.78 is 40.5. The molecule has 1 atom stereocenters. The Kier molecular flexibility index (Phi) is 8.34. The van der Waals surface area contributed by atoms with Gasteiger partial charge >= 0.3 is 7.75 Å². The molecule has 3 aromatic carbocycles. The first kappa shape index (κ1) is 23.9. The molecule has 1 unspecified atom stereocenters. The van der Waals surface area contributed by atoms with Gasteiger partial charge in [-0.25, -0.2) is 8.96 Å². The molecule has 0 radical (unpaired) electrons. The van der Waals surface area contributed by atoms with Crippen molar-refractivity contribution in [1.29, 1.82) is 0 Å². The van der Waals surface area contributed by atoms with Gasteiger partial charge in [-0.05, 0) is 43.7 Å². The van der Waals surface area contributed by atoms with Crippen LogP contribution >= 0.6 is 7.75 Å². The van der Waals surface area contributed by atoms with E-state index in [-0.39, 0.29) is 25.4 Å². The second kappa shape index (κ2) is 11.2. The first-order valence-electron chi connectivity index (χ1n) is 10.6. The highest BCUT2D eigenvalue weighted by Crippen LogP contribution is 2.58. The molecule has 0 fully saturated rings. The number of Topliss-reactive ketones (excluding diaryl/α,β-unsaturated/α-hetero) is 1. The molecule has 0 bridgehead atoms. The summed E-state index contributed by atoms with van der Waals surface area (Å²) in [6.07, 6.45) is 0.0234. The number of anilines is 1. The first-order chi connectivity index (χ1) is 15.5. The topological polar surface area (TPSA) is 55.8 Å². The van der Waals surface area contributed by atoms with Crippen molar-refractivity contribution in [2.75, 3.05) is 17.9 Å². The van der Waals surface area contributed by atoms with Gasteiger partial charge in [0, 0.05) is 17.7 Å². The number of rotatable bonds is 11. The van der Waals surface area contributed by atoms with E-state index in [9.17, 15) is 13.8 Å². The molecule has 168 valence electrons. The molecule has 32 heavy (non-hydrogen) atoms. The highest BCUT2D eigenvalue weighted by atomic mass is 31.2. The molecule has 0 aliphatic carbocycles. The standard InChI is InChI=1S/C25H27FNO4P/c1-3-30-32(29,31-4-2)27(23-17-15-22(26)16-18-23)24(20-11-7-5-8-12-20)19-25(28)21-13-9-6-10-14-21/h5-18,24H,3-4,19H2,1-2H3. The molecule has 3 aromatic rings. The zero-order chi connectivity index (χ0) is 23.0. The van der Waals surface area contributed by atoms with Crippen LogP contribution in [0.1, 0.15) is 42.2 Å². The van der Waals surface area contributed by atoms with Gasteiger partial charge in [-0.15, -0.1) is 0 Å². The van der Waals surface area contributed by atoms with Gasteiger partial charge in [0.05, 0.1) is 19.3 Å². The van der Waals surface area contributed by atoms with Crippen LogP contribution in [0.5, 0.6) is 0 Å². The molecule has 0 N–H and O–H groups in total. The Balaban J connectivity index is 2.15. The van der Waals surface area contributed by atoms with Crippen LogP contribution < -0.4 is 4.67 Å². The fourth-order valence-corrected chi connectivity index (χ4v) is 5.46. The zero-order valence-electron chi connectivity index (χ0n) is 18.2. The van der Waals surface area contributed by atoms with E-state index < -0.39 is 19.6 Å². The lowest BCUT2D eigenvalue weighted by Gasteiger charge is -2.37. The highest BCUT2D eigenvalue weighted by molar-refractivity contribution is 7.55. The van der Waals surface area contributed by atoms with Crippen LogP contribution in [-0.4, -0.2) is 19.0 Å². The summed E-state index contributed by atoms with van der Waals surface area (Å²) in [6.45, 7) is 3.73. The maximum Gasteiger partial charge on any atom is 0.435 e. The number of halogens is 1. The van der Waals surface area contributed by atoms with Crippen molar-refractivity contribution >= 4 is 19.2 Å². The number of nitrogens with zero attached hydrogens (tertiary/aromatic N) is 1. The van der Waals surface area contributed by atoms with Gasteiger partial charge in [0.2, 0.25) is 0 Å². The van der Waals surface area contributed by atoms with Crippen LogP contribution in [0.2, 0.25) is 0 Å². The van der Waals surface area contributed by atoms with E-state index in [1.54, 1.807) is 38.1 Å². The Hall–Kier alpha value is -2.79. The minimum Gasteiger partial charge on any atom is -0.294 e. The van der Waals surface area contributed by atoms with Gasteiger partial charge in [-0.3, -0.25) is 18.5 Å². The summed E-state index contributed by atoms with van der Waals surface area (Å²) in [5.74, 6) is -0.543. The Morgan fingerprint density at radius 2 is 1.41 bits per heavy atom. The summed E-state index contributed by atoms with van der Waals surface area (Å²) in [4.78, 5) is 13.2. The van der Waals surface area contributed by atoms with Gasteiger partial charge in [-0.2, -0.15) is 0 Å². The second-order valence-electron chi connectivity index (χ2n) is 7.04. The van der Waals surface area contributed by atoms with Crippen molar-refractivity contribution < 1.29 is 22.8 Å². The normalized spacial score (nSPS) is 12.3. The van der Waals surface area contributed by atoms with E-state index in [4.69, 9.17) is 9.05 Å². The lowest BCUT2D eigenvalue weighted by Crippen LogP contribution is -2.30. The Morgan fingerprint density at radius 3 is 1.94 bits per heavy atom. The molecule has 0 aromatic heterocycles. The average Bonchev–Trinajstić information content (AvgIpc) is 2.81. The monoisotopic (exact) mass is 455 g/mol. The molecule has 7 heteroatoms. The SMILES string of the molecule is CCOP(=O)(OCC)N(c1ccc(F)cc1)C(CC(=O)c1ccccc1)c1ccccc1. The summed E-state index contributed by atoms with van der Waals surface area (Å²) in [5, 5.41) is 0. The number of carbonyl (C=O) groups is 1. The number of carbonyl (C=O) groups excluding carboxylic acids is 1. The third kappa shape index (κ3) is 5.71. The van der Waals surface area contributed by atoms with Crippen LogP contribution in [0, 0.1) is 5.82 Å². The van der Waals surface area contributed by atoms with Crippen LogP contribution in [0.15, 0.2) is 84.9 Å². The Bertz CT molecular complexity index is 1030. The van der Waals surface area contributed by atoms with E-state index in [1.165, 1.54) is 28.9 Å². The summed E-state index contributed by atoms with van der Waals surface area (Å²) in [5.41, 5.74) is 1.75. The van der Waals surface area contributed by atoms with Crippen LogP contribution in [0.3, 0.4) is 0 Å². The molecule has 3 rings (SSSR count). The summed E-state index contributed by atoms with van der Waals surface area (Å²) >= 11 is 0. The van der Waals surface area contributed by atoms with Gasteiger partial charge in [0.15, 0.2) is 5.78 Å². The Morgan fingerprint density at radius 1 is 0.875 bits per heavy atom. The minimum atomic E-state index is -3.88. The Labute approximate surface area is 188 Å². The van der Waals surface area contributed by atoms with Crippen molar-refractivity contribution in [1.82, 2.24) is 0 Å². The van der Waals surface area contributed by atoms with Gasteiger partial charge in [0.25, 0.3) is 0 Å². The van der Waals surface area contributed by atoms with Crippen molar-refractivity contribution in [3.8, 4) is 0 Å². The van der Waals surface area contributed by atoms with Crippen molar-refractivity contribution in [3.05, 3.63) is 102 Å². The maximum absolute atomic E-state index is 14.0. The van der Waals surface area contributed by atoms with E-state index in [0.717, 1.165) is 5.56 Å². The van der Waals surface area contributed by atoms with E-state index in [0.29, 0.717) is 11.3 Å². The van der Waals surface area contributed by atoms with Gasteiger partial charge in [0.1, 0.15) is 5.82 Å². The smallest absolute Gasteiger partial charge is 0.294 e. The quantitative estimate of drug-likeness (QED) is 0.234. The van der Waals surface area contributed by atoms with Crippen LogP contribution in [-0.2, 0) is 13.6 Å². The first-order valence-corrected chi connectivity index (χ1v) is 12.1. The summed E-state index contributed by atoms with van der Waals surface area (Å²) in [6, 6.07) is 23.2. The molecular weight excluding hydrogens is 428 g/mol. The molecule has 0 amide bonds. The number of hydrogen-bond acceptors (Lipinski definition) is 4. The van der Waals surface area contributed by atoms with Gasteiger partial charge in [-0.1, -0.05) is 60.7 Å². The van der Waals surface area contributed by atoms with Crippen LogP contribution in [0.25, 0.3) is 0 Å². The fourth-order valence-electron chi connectivity index (χ4n) is 3.51. The predicted molar refractivity (Wildman–Crippen MR) is 124 cm³/mol. The second-order valence-corrected chi connectivity index (χ2v) is 8.93. The van der Waals surface area contributed by atoms with Crippen molar-refractivity contribution in [2.24, 2.45) is 0 Å². The molecule has 0 saturated carbocycles. The van der Waals surface area contributed by atoms with E-state index in [1.807, 2.05) is 36.4 Å². The largest absolute Gasteiger partial charge is 0.435 e. The number of ketones is 1. The lowest BCUT2D eigenvalue weighted by atomic mass is 9.97. The van der Waals surface area contributed by atoms with Crippen LogP contribution in [0.4, 0.5) is 10.1 Å². The number of benzene rings is 3. The molecular formula is C25H27FNO4P. The lowest BCUT2D eigenvalue weighted by molar-refractivity contribution is 0.0973. The van der Waals surface area contributed by atoms with E-state index >= 15 is 0 Å². The molecule has 0 saturated heterocycles. The number of hydrogen-bond donors (Lipinski definition) is 0. The third-order valence-electron chi connectivity index (χ3n) is 4.89. The van der Waals surface area contributed by atoms with Gasteiger partial charge < -0.3 is 0 Å². The molecule has 0 heterocycles. The average molecular weight is 455 g/mol.